The molecule has 1 unspecified atom stereocenters. The van der Waals surface area contributed by atoms with Crippen LogP contribution in [0.4, 0.5) is 0 Å². The summed E-state index contributed by atoms with van der Waals surface area (Å²) in [6, 6.07) is 4.24. The van der Waals surface area contributed by atoms with Crippen LogP contribution >= 0.6 is 11.3 Å². The minimum absolute atomic E-state index is 0.214. The lowest BCUT2D eigenvalue weighted by molar-refractivity contribution is 0.292. The third kappa shape index (κ3) is 2.79. The van der Waals surface area contributed by atoms with Crippen molar-refractivity contribution in [2.75, 3.05) is 0 Å². The predicted molar refractivity (Wildman–Crippen MR) is 69.2 cm³/mol. The summed E-state index contributed by atoms with van der Waals surface area (Å²) in [5, 5.41) is 7.36. The predicted octanol–water partition coefficient (Wildman–Crippen LogP) is 4.32. The number of nitrogens with zero attached hydrogens (tertiary/aromatic N) is 2. The van der Waals surface area contributed by atoms with Crippen molar-refractivity contribution in [1.82, 2.24) is 5.01 Å². The van der Waals surface area contributed by atoms with E-state index < -0.39 is 0 Å². The van der Waals surface area contributed by atoms with E-state index in [0.717, 1.165) is 17.0 Å². The van der Waals surface area contributed by atoms with Crippen molar-refractivity contribution in [3.8, 4) is 0 Å². The molecule has 0 aliphatic rings. The third-order valence-electron chi connectivity index (χ3n) is 2.41. The Labute approximate surface area is 101 Å². The van der Waals surface area contributed by atoms with Crippen LogP contribution in [0.15, 0.2) is 41.5 Å². The molecule has 0 bridgehead atoms. The number of hydrogen-bond acceptors (Lipinski definition) is 3. The van der Waals surface area contributed by atoms with E-state index in [1.165, 1.54) is 0 Å². The van der Waals surface area contributed by atoms with Crippen molar-refractivity contribution in [2.24, 2.45) is 5.22 Å². The zero-order valence-corrected chi connectivity index (χ0v) is 10.5. The number of hydrogen-bond donors (Lipinski definition) is 1. The molecule has 4 heteroatoms. The van der Waals surface area contributed by atoms with Crippen molar-refractivity contribution < 1.29 is 0 Å². The normalized spacial score (nSPS) is 13.2. The molecule has 0 radical (unpaired) electrons. The van der Waals surface area contributed by atoms with Crippen LogP contribution in [0, 0.1) is 5.53 Å². The van der Waals surface area contributed by atoms with Gasteiger partial charge in [-0.15, -0.1) is 11.3 Å². The van der Waals surface area contributed by atoms with Crippen LogP contribution in [0.3, 0.4) is 0 Å². The van der Waals surface area contributed by atoms with Gasteiger partial charge in [0.05, 0.1) is 16.6 Å². The first-order valence-electron chi connectivity index (χ1n) is 5.27. The fourth-order valence-corrected chi connectivity index (χ4v) is 2.11. The molecule has 86 valence electrons. The third-order valence-corrected chi connectivity index (χ3v) is 3.30. The summed E-state index contributed by atoms with van der Waals surface area (Å²) in [5.74, 6) is 0. The van der Waals surface area contributed by atoms with E-state index in [1.54, 1.807) is 22.4 Å². The first-order chi connectivity index (χ1) is 7.74. The summed E-state index contributed by atoms with van der Waals surface area (Å²) in [5.41, 5.74) is 8.22. The molecule has 0 aliphatic heterocycles. The minimum Gasteiger partial charge on any atom is -0.243 e. The van der Waals surface area contributed by atoms with Crippen LogP contribution in [-0.4, -0.2) is 11.1 Å². The molecule has 0 aromatic carbocycles. The van der Waals surface area contributed by atoms with E-state index in [9.17, 15) is 0 Å². The summed E-state index contributed by atoms with van der Waals surface area (Å²) in [6.45, 7) is 7.86. The van der Waals surface area contributed by atoms with Gasteiger partial charge in [0.15, 0.2) is 0 Å². The lowest BCUT2D eigenvalue weighted by Crippen LogP contribution is -2.25. The van der Waals surface area contributed by atoms with Crippen LogP contribution < -0.4 is 0 Å². The lowest BCUT2D eigenvalue weighted by Gasteiger charge is -2.25. The first-order valence-corrected chi connectivity index (χ1v) is 6.15. The Morgan fingerprint density at radius 3 is 2.94 bits per heavy atom. The maximum atomic E-state index is 7.29. The lowest BCUT2D eigenvalue weighted by atomic mass is 10.2. The van der Waals surface area contributed by atoms with Gasteiger partial charge >= 0.3 is 0 Å². The summed E-state index contributed by atoms with van der Waals surface area (Å²) in [4.78, 5) is 1.11. The van der Waals surface area contributed by atoms with Gasteiger partial charge in [-0.25, -0.2) is 5.01 Å². The molecule has 16 heavy (non-hydrogen) atoms. The average Bonchev–Trinajstić information content (AvgIpc) is 2.81. The molecule has 1 heterocycles. The largest absolute Gasteiger partial charge is 0.243 e. The summed E-state index contributed by atoms with van der Waals surface area (Å²) >= 11 is 1.64. The summed E-state index contributed by atoms with van der Waals surface area (Å²) in [6.07, 6.45) is 4.58. The van der Waals surface area contributed by atoms with E-state index >= 15 is 0 Å². The summed E-state index contributed by atoms with van der Waals surface area (Å²) in [7, 11) is 0. The fraction of sp³-hybridized carbons (Fsp3) is 0.333. The van der Waals surface area contributed by atoms with E-state index in [2.05, 4.69) is 25.6 Å². The second kappa shape index (κ2) is 6.23. The molecule has 3 nitrogen and oxygen atoms in total. The molecule has 0 amide bonds. The summed E-state index contributed by atoms with van der Waals surface area (Å²) < 4.78 is 0. The Kier molecular flexibility index (Phi) is 4.92. The van der Waals surface area contributed by atoms with Crippen molar-refractivity contribution in [3.05, 3.63) is 41.1 Å². The monoisotopic (exact) mass is 235 g/mol. The molecular weight excluding hydrogens is 218 g/mol. The van der Waals surface area contributed by atoms with Gasteiger partial charge in [0.1, 0.15) is 0 Å². The molecular formula is C12H17N3S. The highest BCUT2D eigenvalue weighted by Crippen LogP contribution is 2.26. The van der Waals surface area contributed by atoms with E-state index in [0.29, 0.717) is 0 Å². The van der Waals surface area contributed by atoms with Crippen molar-refractivity contribution >= 4 is 17.0 Å². The van der Waals surface area contributed by atoms with Gasteiger partial charge in [-0.05, 0) is 30.9 Å². The smallest absolute Gasteiger partial charge is 0.0785 e. The maximum absolute atomic E-state index is 7.29. The first kappa shape index (κ1) is 12.6. The minimum atomic E-state index is 0.214. The average molecular weight is 235 g/mol. The number of rotatable bonds is 6. The molecule has 0 saturated heterocycles. The van der Waals surface area contributed by atoms with Gasteiger partial charge in [-0.1, -0.05) is 30.9 Å². The molecule has 0 spiro atoms. The zero-order valence-electron chi connectivity index (χ0n) is 9.68. The van der Waals surface area contributed by atoms with Crippen LogP contribution in [0.25, 0.3) is 5.70 Å². The molecule has 1 aromatic rings. The maximum Gasteiger partial charge on any atom is 0.0785 e. The molecule has 1 atom stereocenters. The second-order valence-corrected chi connectivity index (χ2v) is 4.41. The molecule has 0 saturated carbocycles. The van der Waals surface area contributed by atoms with E-state index in [-0.39, 0.29) is 6.04 Å². The Balaban J connectivity index is 3.06. The topological polar surface area (TPSA) is 39.5 Å². The Hall–Kier alpha value is -1.42. The van der Waals surface area contributed by atoms with Crippen molar-refractivity contribution in [1.29, 1.82) is 5.53 Å². The van der Waals surface area contributed by atoms with Gasteiger partial charge in [0.25, 0.3) is 0 Å². The SMILES string of the molecule is C=C/C=C(/c1cccs1)N(N=N)C(C)CC. The molecule has 1 N–H and O–H groups in total. The molecule has 0 fully saturated rings. The Morgan fingerprint density at radius 1 is 1.75 bits per heavy atom. The van der Waals surface area contributed by atoms with Gasteiger partial charge in [-0.3, -0.25) is 0 Å². The van der Waals surface area contributed by atoms with Crippen molar-refractivity contribution in [3.63, 3.8) is 0 Å². The van der Waals surface area contributed by atoms with Gasteiger partial charge in [-0.2, -0.15) is 5.53 Å². The standard InChI is InChI=1S/C12H17N3S/c1-4-7-11(12-8-6-9-16-12)15(14-13)10(3)5-2/h4,6-10,13H,1,5H2,2-3H3/b11-7-,14-13?. The van der Waals surface area contributed by atoms with Crippen molar-refractivity contribution in [2.45, 2.75) is 26.3 Å². The van der Waals surface area contributed by atoms with E-state index in [1.807, 2.05) is 23.6 Å². The number of allylic oxidation sites excluding steroid dienone is 2. The van der Waals surface area contributed by atoms with Gasteiger partial charge in [0.2, 0.25) is 0 Å². The quantitative estimate of drug-likeness (QED) is 0.445. The van der Waals surface area contributed by atoms with E-state index in [4.69, 9.17) is 5.53 Å². The van der Waals surface area contributed by atoms with Crippen LogP contribution in [-0.2, 0) is 0 Å². The molecule has 1 aromatic heterocycles. The highest BCUT2D eigenvalue weighted by Gasteiger charge is 2.16. The highest BCUT2D eigenvalue weighted by molar-refractivity contribution is 7.11. The molecule has 0 aliphatic carbocycles. The van der Waals surface area contributed by atoms with Crippen LogP contribution in [0.1, 0.15) is 25.1 Å². The highest BCUT2D eigenvalue weighted by atomic mass is 32.1. The molecule has 1 rings (SSSR count). The van der Waals surface area contributed by atoms with Crippen LogP contribution in [0.5, 0.6) is 0 Å². The fourth-order valence-electron chi connectivity index (χ4n) is 1.37. The zero-order chi connectivity index (χ0) is 12.0. The van der Waals surface area contributed by atoms with Gasteiger partial charge < -0.3 is 0 Å². The Morgan fingerprint density at radius 2 is 2.50 bits per heavy atom. The number of nitrogens with one attached hydrogen (secondary N) is 1. The van der Waals surface area contributed by atoms with Gasteiger partial charge in [0, 0.05) is 0 Å². The number of thiophene rings is 1. The Bertz CT molecular complexity index is 368. The second-order valence-electron chi connectivity index (χ2n) is 3.47. The van der Waals surface area contributed by atoms with Crippen LogP contribution in [0.2, 0.25) is 0 Å².